The first-order valence-electron chi connectivity index (χ1n) is 13.5. The lowest BCUT2D eigenvalue weighted by molar-refractivity contribution is 0.0950. The summed E-state index contributed by atoms with van der Waals surface area (Å²) in [6.07, 6.45) is 0. The number of hydrogen-bond acceptors (Lipinski definition) is 3. The van der Waals surface area contributed by atoms with Gasteiger partial charge >= 0.3 is 0 Å². The van der Waals surface area contributed by atoms with Gasteiger partial charge in [0.15, 0.2) is 0 Å². The predicted octanol–water partition coefficient (Wildman–Crippen LogP) is 6.71. The number of benzene rings is 4. The Bertz CT molecular complexity index is 1660. The van der Waals surface area contributed by atoms with Gasteiger partial charge in [-0.05, 0) is 94.8 Å². The average molecular weight is 554 g/mol. The van der Waals surface area contributed by atoms with Crippen LogP contribution in [0.1, 0.15) is 73.6 Å². The topological polar surface area (TPSA) is 88.2 Å². The first kappa shape index (κ1) is 28.2. The highest BCUT2D eigenvalue weighted by Gasteiger charge is 2.31. The molecule has 7 heteroatoms. The van der Waals surface area contributed by atoms with Gasteiger partial charge in [0.2, 0.25) is 0 Å². The van der Waals surface area contributed by atoms with E-state index in [1.54, 1.807) is 7.11 Å². The van der Waals surface area contributed by atoms with E-state index in [1.165, 1.54) is 12.1 Å². The molecule has 1 amide bonds. The number of nitrogens with two attached hydrogens (primary N) is 1. The molecule has 2 atom stereocenters. The summed E-state index contributed by atoms with van der Waals surface area (Å²) < 4.78 is 33.8. The highest BCUT2D eigenvalue weighted by atomic mass is 19.1. The summed E-state index contributed by atoms with van der Waals surface area (Å²) in [6.45, 7) is 6.78. The lowest BCUT2D eigenvalue weighted by Crippen LogP contribution is -2.25. The largest absolute Gasteiger partial charge is 0.384 e. The number of fused-ring (bicyclic) bond motifs is 2. The van der Waals surface area contributed by atoms with Crippen LogP contribution in [0.3, 0.4) is 0 Å². The summed E-state index contributed by atoms with van der Waals surface area (Å²) in [7, 11) is 1.66. The zero-order chi connectivity index (χ0) is 29.4. The van der Waals surface area contributed by atoms with Crippen molar-refractivity contribution in [2.45, 2.75) is 39.2 Å². The normalized spacial score (nSPS) is 15.7. The fourth-order valence-corrected chi connectivity index (χ4v) is 5.95. The van der Waals surface area contributed by atoms with Crippen LogP contribution in [0.5, 0.6) is 0 Å². The van der Waals surface area contributed by atoms with Crippen LogP contribution in [0.2, 0.25) is 0 Å². The molecule has 0 heterocycles. The molecule has 5 nitrogen and oxygen atoms in total. The number of amidine groups is 1. The van der Waals surface area contributed by atoms with Gasteiger partial charge in [0.05, 0.1) is 6.61 Å². The zero-order valence-electron chi connectivity index (χ0n) is 23.6. The lowest BCUT2D eigenvalue weighted by atomic mass is 9.72. The van der Waals surface area contributed by atoms with E-state index < -0.39 is 11.6 Å². The summed E-state index contributed by atoms with van der Waals surface area (Å²) in [5.74, 6) is -1.51. The molecular formula is C34H33F2N3O2. The fourth-order valence-electron chi connectivity index (χ4n) is 5.95. The third kappa shape index (κ3) is 5.37. The van der Waals surface area contributed by atoms with Gasteiger partial charge in [0.25, 0.3) is 5.91 Å². The summed E-state index contributed by atoms with van der Waals surface area (Å²) >= 11 is 0. The number of rotatable bonds is 7. The second kappa shape index (κ2) is 11.3. The van der Waals surface area contributed by atoms with Crippen molar-refractivity contribution in [1.82, 2.24) is 5.32 Å². The van der Waals surface area contributed by atoms with E-state index in [1.807, 2.05) is 62.4 Å². The number of nitrogen functional groups attached to an aromatic ring is 1. The maximum atomic E-state index is 14.6. The van der Waals surface area contributed by atoms with Crippen molar-refractivity contribution < 1.29 is 18.3 Å². The molecule has 1 aliphatic rings. The number of carbonyl (C=O) groups excluding carboxylic acids is 1. The second-order valence-corrected chi connectivity index (χ2v) is 10.7. The Morgan fingerprint density at radius 1 is 0.902 bits per heavy atom. The minimum absolute atomic E-state index is 0.0123. The van der Waals surface area contributed by atoms with Crippen LogP contribution in [-0.2, 0) is 11.3 Å². The van der Waals surface area contributed by atoms with Crippen molar-refractivity contribution in [2.75, 3.05) is 13.7 Å². The molecule has 0 saturated carbocycles. The number of ether oxygens (including phenoxy) is 1. The second-order valence-electron chi connectivity index (χ2n) is 10.7. The number of nitrogens with one attached hydrogen (secondary N) is 2. The van der Waals surface area contributed by atoms with Crippen LogP contribution >= 0.6 is 0 Å². The van der Waals surface area contributed by atoms with Crippen molar-refractivity contribution in [2.24, 2.45) is 5.73 Å². The Labute approximate surface area is 238 Å². The highest BCUT2D eigenvalue weighted by Crippen LogP contribution is 2.45. The summed E-state index contributed by atoms with van der Waals surface area (Å²) in [5, 5.41) is 10.7. The molecule has 4 aromatic carbocycles. The molecule has 210 valence electrons. The van der Waals surface area contributed by atoms with Crippen molar-refractivity contribution in [3.8, 4) is 11.1 Å². The fraction of sp³-hybridized carbons (Fsp3) is 0.235. The van der Waals surface area contributed by atoms with Crippen molar-refractivity contribution in [3.05, 3.63) is 128 Å². The van der Waals surface area contributed by atoms with E-state index in [4.69, 9.17) is 15.9 Å². The van der Waals surface area contributed by atoms with Gasteiger partial charge in [-0.2, -0.15) is 0 Å². The quantitative estimate of drug-likeness (QED) is 0.176. The van der Waals surface area contributed by atoms with Crippen LogP contribution in [0.4, 0.5) is 8.78 Å². The first-order chi connectivity index (χ1) is 19.6. The number of halogens is 2. The van der Waals surface area contributed by atoms with Gasteiger partial charge in [-0.3, -0.25) is 10.2 Å². The van der Waals surface area contributed by atoms with E-state index in [0.29, 0.717) is 35.4 Å². The molecule has 41 heavy (non-hydrogen) atoms. The number of aryl methyl sites for hydroxylation is 2. The molecule has 0 saturated heterocycles. The molecule has 4 N–H and O–H groups in total. The van der Waals surface area contributed by atoms with Crippen LogP contribution in [0.25, 0.3) is 11.1 Å². The molecule has 0 spiro atoms. The Hall–Kier alpha value is -4.36. The summed E-state index contributed by atoms with van der Waals surface area (Å²) in [4.78, 5) is 13.3. The summed E-state index contributed by atoms with van der Waals surface area (Å²) in [6, 6.07) is 18.9. The Kier molecular flexibility index (Phi) is 7.74. The molecular weight excluding hydrogens is 520 g/mol. The Morgan fingerprint density at radius 3 is 2.20 bits per heavy atom. The van der Waals surface area contributed by atoms with Gasteiger partial charge < -0.3 is 15.8 Å². The molecule has 0 unspecified atom stereocenters. The van der Waals surface area contributed by atoms with Crippen LogP contribution < -0.4 is 11.1 Å². The molecule has 0 fully saturated rings. The van der Waals surface area contributed by atoms with E-state index in [-0.39, 0.29) is 23.6 Å². The molecule has 5 rings (SSSR count). The Balaban J connectivity index is 1.46. The smallest absolute Gasteiger partial charge is 0.251 e. The number of hydrogen-bond donors (Lipinski definition) is 3. The highest BCUT2D eigenvalue weighted by molar-refractivity contribution is 5.96. The summed E-state index contributed by atoms with van der Waals surface area (Å²) in [5.41, 5.74) is 15.0. The van der Waals surface area contributed by atoms with Crippen LogP contribution in [0, 0.1) is 30.9 Å². The third-order valence-electron chi connectivity index (χ3n) is 8.13. The SMILES string of the molecule is COC[C@@H]1c2ccc(C(=O)NCc3c(C)cc(C(=N)N)cc3C)cc2[C@H](C)c2cc(-c3ccc(F)cc3F)ccc21. The minimum atomic E-state index is -0.615. The number of carbonyl (C=O) groups is 1. The van der Waals surface area contributed by atoms with E-state index in [9.17, 15) is 13.6 Å². The van der Waals surface area contributed by atoms with Gasteiger partial charge in [-0.15, -0.1) is 0 Å². The van der Waals surface area contributed by atoms with E-state index in [0.717, 1.165) is 45.0 Å². The first-order valence-corrected chi connectivity index (χ1v) is 13.5. The monoisotopic (exact) mass is 553 g/mol. The van der Waals surface area contributed by atoms with Gasteiger partial charge in [0, 0.05) is 48.2 Å². The van der Waals surface area contributed by atoms with Crippen molar-refractivity contribution >= 4 is 11.7 Å². The van der Waals surface area contributed by atoms with Crippen molar-refractivity contribution in [1.29, 1.82) is 5.41 Å². The maximum Gasteiger partial charge on any atom is 0.251 e. The van der Waals surface area contributed by atoms with Gasteiger partial charge in [0.1, 0.15) is 17.5 Å². The molecule has 0 aromatic heterocycles. The Morgan fingerprint density at radius 2 is 1.56 bits per heavy atom. The minimum Gasteiger partial charge on any atom is -0.384 e. The molecule has 0 aliphatic heterocycles. The number of amides is 1. The van der Waals surface area contributed by atoms with Crippen LogP contribution in [0.15, 0.2) is 66.7 Å². The van der Waals surface area contributed by atoms with E-state index in [2.05, 4.69) is 12.2 Å². The molecule has 0 bridgehead atoms. The zero-order valence-corrected chi connectivity index (χ0v) is 23.6. The number of methoxy groups -OCH3 is 1. The van der Waals surface area contributed by atoms with E-state index >= 15 is 0 Å². The standard InChI is InChI=1S/C34H33F2N3O2/c1-18-11-23(33(37)38)12-19(2)30(18)16-39-34(40)22-6-9-27-29(14-22)20(3)28-13-21(5-8-26(28)31(27)17-41-4)25-10-7-24(35)15-32(25)36/h5-15,20,31H,16-17H2,1-4H3,(H3,37,38)(H,39,40)/t20-,31+/m1/s1. The average Bonchev–Trinajstić information content (AvgIpc) is 2.94. The predicted molar refractivity (Wildman–Crippen MR) is 158 cm³/mol. The maximum absolute atomic E-state index is 14.6. The molecule has 4 aromatic rings. The third-order valence-corrected chi connectivity index (χ3v) is 8.13. The lowest BCUT2D eigenvalue weighted by Gasteiger charge is -2.33. The van der Waals surface area contributed by atoms with Gasteiger partial charge in [-0.1, -0.05) is 31.2 Å². The molecule has 0 radical (unpaired) electrons. The molecule has 1 aliphatic carbocycles. The van der Waals surface area contributed by atoms with Gasteiger partial charge in [-0.25, -0.2) is 8.78 Å². The van der Waals surface area contributed by atoms with Crippen molar-refractivity contribution in [3.63, 3.8) is 0 Å². The van der Waals surface area contributed by atoms with Crippen LogP contribution in [-0.4, -0.2) is 25.5 Å².